The Morgan fingerprint density at radius 2 is 1.80 bits per heavy atom. The van der Waals surface area contributed by atoms with E-state index >= 15 is 0 Å². The number of ether oxygens (including phenoxy) is 2. The Morgan fingerprint density at radius 3 is 2.40 bits per heavy atom. The van der Waals surface area contributed by atoms with Crippen molar-refractivity contribution in [2.24, 2.45) is 5.92 Å². The summed E-state index contributed by atoms with van der Waals surface area (Å²) in [6, 6.07) is 6.23. The summed E-state index contributed by atoms with van der Waals surface area (Å²) >= 11 is 0. The van der Waals surface area contributed by atoms with Crippen LogP contribution in [0.25, 0.3) is 0 Å². The van der Waals surface area contributed by atoms with E-state index in [1.165, 1.54) is 12.1 Å². The van der Waals surface area contributed by atoms with Crippen molar-refractivity contribution in [1.82, 2.24) is 10.6 Å². The molecule has 0 spiro atoms. The minimum absolute atomic E-state index is 0.0538. The summed E-state index contributed by atoms with van der Waals surface area (Å²) in [5.74, 6) is -3.26. The number of carboxylic acids is 1. The first kappa shape index (κ1) is 25.2. The van der Waals surface area contributed by atoms with Gasteiger partial charge in [0, 0.05) is 25.6 Å². The van der Waals surface area contributed by atoms with Crippen molar-refractivity contribution in [3.8, 4) is 5.75 Å². The maximum Gasteiger partial charge on any atom is 0.417 e. The molecule has 0 aliphatic rings. The van der Waals surface area contributed by atoms with E-state index in [1.807, 2.05) is 0 Å². The number of nitrogens with one attached hydrogen (secondary N) is 3. The minimum Gasteiger partial charge on any atom is -0.487 e. The fourth-order valence-electron chi connectivity index (χ4n) is 2.14. The van der Waals surface area contributed by atoms with Crippen LogP contribution in [0.3, 0.4) is 0 Å². The molecule has 4 N–H and O–H groups in total. The molecule has 0 aliphatic carbocycles. The van der Waals surface area contributed by atoms with Gasteiger partial charge in [-0.2, -0.15) is 0 Å². The van der Waals surface area contributed by atoms with Crippen molar-refractivity contribution in [2.45, 2.75) is 20.0 Å². The normalized spacial score (nSPS) is 12.1. The molecule has 0 bridgehead atoms. The van der Waals surface area contributed by atoms with E-state index in [9.17, 15) is 22.8 Å². The number of anilines is 1. The second-order valence-electron chi connectivity index (χ2n) is 6.66. The zero-order valence-electron chi connectivity index (χ0n) is 17.0. The number of rotatable bonds is 12. The number of sulfonamides is 1. The summed E-state index contributed by atoms with van der Waals surface area (Å²) in [5.41, 5.74) is 0.188. The topological polar surface area (TPSA) is 160 Å². The fraction of sp³-hybridized carbons (Fsp3) is 0.500. The van der Waals surface area contributed by atoms with Crippen LogP contribution in [0.15, 0.2) is 24.3 Å². The maximum atomic E-state index is 11.5. The minimum atomic E-state index is -3.54. The molecule has 1 rings (SSSR count). The number of carbonyl (C=O) groups excluding carboxylic acids is 2. The van der Waals surface area contributed by atoms with Crippen molar-refractivity contribution in [1.29, 1.82) is 0 Å². The largest absolute Gasteiger partial charge is 0.487 e. The number of benzene rings is 1. The summed E-state index contributed by atoms with van der Waals surface area (Å²) in [7, 11) is -3.54. The van der Waals surface area contributed by atoms with Gasteiger partial charge in [-0.3, -0.25) is 9.52 Å². The fourth-order valence-corrected chi connectivity index (χ4v) is 2.71. The SMILES string of the molecule is CC(C)C(=O)NCCNCC(COc1ccccc1NS(C)(=O)=O)OC(=O)C(=O)O. The van der Waals surface area contributed by atoms with Gasteiger partial charge in [-0.15, -0.1) is 0 Å². The lowest BCUT2D eigenvalue weighted by atomic mass is 10.2. The number of carboxylic acid groups (broad SMARTS) is 1. The van der Waals surface area contributed by atoms with Crippen LogP contribution >= 0.6 is 0 Å². The molecular formula is C18H27N3O8S. The standard InChI is InChI=1S/C18H27N3O8S/c1-12(2)16(22)20-9-8-19-10-13(29-18(25)17(23)24)11-28-15-7-5-4-6-14(15)21-30(3,26)27/h4-7,12-13,19,21H,8-11H2,1-3H3,(H,20,22)(H,23,24). The third-order valence-electron chi connectivity index (χ3n) is 3.55. The molecule has 168 valence electrons. The lowest BCUT2D eigenvalue weighted by Gasteiger charge is -2.19. The molecule has 1 amide bonds. The Labute approximate surface area is 175 Å². The molecule has 12 heteroatoms. The van der Waals surface area contributed by atoms with E-state index in [-0.39, 0.29) is 36.4 Å². The Balaban J connectivity index is 2.68. The molecule has 0 saturated carbocycles. The van der Waals surface area contributed by atoms with Gasteiger partial charge in [0.15, 0.2) is 0 Å². The van der Waals surface area contributed by atoms with Crippen LogP contribution in [0.5, 0.6) is 5.75 Å². The van der Waals surface area contributed by atoms with Gasteiger partial charge in [-0.05, 0) is 12.1 Å². The first-order valence-electron chi connectivity index (χ1n) is 9.11. The zero-order valence-corrected chi connectivity index (χ0v) is 17.8. The van der Waals surface area contributed by atoms with Gasteiger partial charge in [0.1, 0.15) is 18.5 Å². The predicted molar refractivity (Wildman–Crippen MR) is 109 cm³/mol. The summed E-state index contributed by atoms with van der Waals surface area (Å²) in [6.45, 7) is 4.03. The molecule has 1 aromatic rings. The second-order valence-corrected chi connectivity index (χ2v) is 8.41. The van der Waals surface area contributed by atoms with Crippen LogP contribution in [0.1, 0.15) is 13.8 Å². The molecule has 1 aromatic carbocycles. The third-order valence-corrected chi connectivity index (χ3v) is 4.14. The number of esters is 1. The molecule has 0 saturated heterocycles. The summed E-state index contributed by atoms with van der Waals surface area (Å²) in [6.07, 6.45) is 0.0177. The van der Waals surface area contributed by atoms with Crippen LogP contribution in [0, 0.1) is 5.92 Å². The van der Waals surface area contributed by atoms with Gasteiger partial charge in [-0.1, -0.05) is 26.0 Å². The average Bonchev–Trinajstić information content (AvgIpc) is 2.64. The number of carbonyl (C=O) groups is 3. The van der Waals surface area contributed by atoms with Crippen LogP contribution in [-0.4, -0.2) is 70.0 Å². The van der Waals surface area contributed by atoms with Gasteiger partial charge >= 0.3 is 11.9 Å². The highest BCUT2D eigenvalue weighted by Gasteiger charge is 2.21. The molecule has 1 atom stereocenters. The molecular weight excluding hydrogens is 418 g/mol. The van der Waals surface area contributed by atoms with E-state index in [0.717, 1.165) is 6.26 Å². The molecule has 30 heavy (non-hydrogen) atoms. The molecule has 0 fully saturated rings. The number of hydrogen-bond acceptors (Lipinski definition) is 8. The van der Waals surface area contributed by atoms with Crippen molar-refractivity contribution in [3.05, 3.63) is 24.3 Å². The monoisotopic (exact) mass is 445 g/mol. The van der Waals surface area contributed by atoms with Crippen LogP contribution in [0.4, 0.5) is 5.69 Å². The summed E-state index contributed by atoms with van der Waals surface area (Å²) in [4.78, 5) is 33.7. The smallest absolute Gasteiger partial charge is 0.417 e. The molecule has 0 heterocycles. The lowest BCUT2D eigenvalue weighted by Crippen LogP contribution is -2.40. The summed E-state index contributed by atoms with van der Waals surface area (Å²) in [5, 5.41) is 14.4. The van der Waals surface area contributed by atoms with Crippen molar-refractivity contribution >= 4 is 33.6 Å². The van der Waals surface area contributed by atoms with Crippen LogP contribution in [-0.2, 0) is 29.1 Å². The Morgan fingerprint density at radius 1 is 1.13 bits per heavy atom. The highest BCUT2D eigenvalue weighted by atomic mass is 32.2. The van der Waals surface area contributed by atoms with E-state index in [2.05, 4.69) is 15.4 Å². The number of para-hydroxylation sites is 2. The van der Waals surface area contributed by atoms with Crippen molar-refractivity contribution in [3.63, 3.8) is 0 Å². The molecule has 0 aromatic heterocycles. The first-order chi connectivity index (χ1) is 14.0. The van der Waals surface area contributed by atoms with E-state index in [1.54, 1.807) is 26.0 Å². The highest BCUT2D eigenvalue weighted by Crippen LogP contribution is 2.24. The Bertz CT molecular complexity index is 842. The van der Waals surface area contributed by atoms with E-state index in [0.29, 0.717) is 13.1 Å². The molecule has 1 unspecified atom stereocenters. The quantitative estimate of drug-likeness (QED) is 0.194. The number of amides is 1. The van der Waals surface area contributed by atoms with Gasteiger partial charge in [0.05, 0.1) is 11.9 Å². The van der Waals surface area contributed by atoms with E-state index < -0.39 is 28.1 Å². The maximum absolute atomic E-state index is 11.5. The predicted octanol–water partition coefficient (Wildman–Crippen LogP) is -0.205. The van der Waals surface area contributed by atoms with Crippen LogP contribution < -0.4 is 20.1 Å². The Hall–Kier alpha value is -2.86. The summed E-state index contributed by atoms with van der Waals surface area (Å²) < 4.78 is 35.7. The van der Waals surface area contributed by atoms with E-state index in [4.69, 9.17) is 14.6 Å². The number of aliphatic carboxylic acids is 1. The average molecular weight is 445 g/mol. The zero-order chi connectivity index (χ0) is 22.7. The number of hydrogen-bond donors (Lipinski definition) is 4. The van der Waals surface area contributed by atoms with Crippen molar-refractivity contribution < 1.29 is 37.4 Å². The molecule has 0 radical (unpaired) electrons. The van der Waals surface area contributed by atoms with Gasteiger partial charge in [0.25, 0.3) is 0 Å². The van der Waals surface area contributed by atoms with Gasteiger partial charge in [0.2, 0.25) is 15.9 Å². The van der Waals surface area contributed by atoms with Crippen molar-refractivity contribution in [2.75, 3.05) is 37.2 Å². The van der Waals surface area contributed by atoms with Gasteiger partial charge < -0.3 is 25.2 Å². The van der Waals surface area contributed by atoms with Gasteiger partial charge in [-0.25, -0.2) is 18.0 Å². The molecule has 11 nitrogen and oxygen atoms in total. The second kappa shape index (κ2) is 12.0. The first-order valence-corrected chi connectivity index (χ1v) is 11.0. The molecule has 0 aliphatic heterocycles. The van der Waals surface area contributed by atoms with Crippen LogP contribution in [0.2, 0.25) is 0 Å². The Kier molecular flexibility index (Phi) is 10.1. The lowest BCUT2D eigenvalue weighted by molar-refractivity contribution is -0.168. The highest BCUT2D eigenvalue weighted by molar-refractivity contribution is 7.92. The third kappa shape index (κ3) is 10.1.